The summed E-state index contributed by atoms with van der Waals surface area (Å²) in [5.41, 5.74) is 11.8. The van der Waals surface area contributed by atoms with Crippen LogP contribution in [0, 0.1) is 0 Å². The number of nitrogens with zero attached hydrogens (tertiary/aromatic N) is 7. The number of fused-ring (bicyclic) bond motifs is 5. The van der Waals surface area contributed by atoms with Gasteiger partial charge in [0, 0.05) is 42.4 Å². The second-order valence-electron chi connectivity index (χ2n) is 9.98. The third-order valence-electron chi connectivity index (χ3n) is 7.18. The fourth-order valence-electron chi connectivity index (χ4n) is 5.31. The van der Waals surface area contributed by atoms with Crippen LogP contribution in [0.3, 0.4) is 0 Å². The van der Waals surface area contributed by atoms with E-state index in [-0.39, 0.29) is 71.9 Å². The molecule has 6 N–H and O–H groups in total. The molecule has 0 spiro atoms. The van der Waals surface area contributed by atoms with Crippen molar-refractivity contribution in [2.45, 2.75) is 49.7 Å². The van der Waals surface area contributed by atoms with Gasteiger partial charge in [0.2, 0.25) is 5.95 Å². The molecule has 3 fully saturated rings. The Morgan fingerprint density at radius 2 is 1.77 bits per heavy atom. The minimum absolute atomic E-state index is 0. The number of thiol groups is 1. The molecule has 20 nitrogen and oxygen atoms in total. The second kappa shape index (κ2) is 11.9. The zero-order chi connectivity index (χ0) is 30.1. The van der Waals surface area contributed by atoms with E-state index < -0.39 is 66.1 Å². The Morgan fingerprint density at radius 3 is 2.59 bits per heavy atom. The maximum Gasteiger partial charge on any atom is 0.386 e. The van der Waals surface area contributed by atoms with Gasteiger partial charge in [0.25, 0.3) is 5.56 Å². The smallest absolute Gasteiger partial charge is 0.382 e. The molecule has 0 aliphatic carbocycles. The van der Waals surface area contributed by atoms with Gasteiger partial charge in [-0.25, -0.2) is 24.5 Å². The van der Waals surface area contributed by atoms with Crippen molar-refractivity contribution in [1.82, 2.24) is 43.8 Å². The van der Waals surface area contributed by atoms with Crippen molar-refractivity contribution in [1.29, 1.82) is 0 Å². The van der Waals surface area contributed by atoms with Crippen molar-refractivity contribution >= 4 is 93.0 Å². The van der Waals surface area contributed by atoms with Crippen molar-refractivity contribution in [2.75, 3.05) is 24.7 Å². The van der Waals surface area contributed by atoms with Gasteiger partial charge in [-0.1, -0.05) is 12.2 Å². The summed E-state index contributed by atoms with van der Waals surface area (Å²) in [4.78, 5) is 35.2. The van der Waals surface area contributed by atoms with Gasteiger partial charge in [-0.2, -0.15) is 18.1 Å². The maximum atomic E-state index is 13.4. The van der Waals surface area contributed by atoms with Gasteiger partial charge < -0.3 is 20.9 Å². The monoisotopic (exact) mass is 680 g/mol. The summed E-state index contributed by atoms with van der Waals surface area (Å²) >= 11 is 4.16. The van der Waals surface area contributed by atoms with E-state index >= 15 is 0 Å². The summed E-state index contributed by atoms with van der Waals surface area (Å²) in [6.45, 7) is -4.91. The van der Waals surface area contributed by atoms with Crippen molar-refractivity contribution in [2.24, 2.45) is 0 Å². The molecule has 7 heterocycles. The number of H-pyrrole nitrogens is 1. The molecule has 0 saturated carbocycles. The minimum Gasteiger partial charge on any atom is -0.382 e. The van der Waals surface area contributed by atoms with Gasteiger partial charge >= 0.3 is 17.1 Å². The zero-order valence-corrected chi connectivity index (χ0v) is 27.4. The van der Waals surface area contributed by atoms with Crippen LogP contribution in [0.15, 0.2) is 23.8 Å². The van der Waals surface area contributed by atoms with Crippen LogP contribution in [-0.2, 0) is 37.6 Å². The van der Waals surface area contributed by atoms with Crippen LogP contribution in [0.2, 0.25) is 0 Å². The molecule has 0 amide bonds. The van der Waals surface area contributed by atoms with E-state index in [0.29, 0.717) is 11.2 Å². The standard InChI is InChI=1S/C20H24N11O9PS2.Na/c21-15-13-16(24-5-23-15)30(6-25-13)12-2-9-11(39-12)4-36-41(33,42)40-10-1-8(3-37-43(34,35)29-9)38-19(10)31-7-26-14-17(31)27-20(22)28-18(14)32;/h5-12,19,29H,1-4H2,(H,33,42)(H2,21,23,24)(H3,22,27,28,32);/t8-,9-,10+,11+,12+,19+,41+;/m0./s1. The Balaban J connectivity index is 0.00000343. The van der Waals surface area contributed by atoms with Crippen LogP contribution in [0.4, 0.5) is 11.8 Å². The van der Waals surface area contributed by atoms with Crippen LogP contribution in [-0.4, -0.2) is 115 Å². The number of nitrogens with one attached hydrogen (secondary N) is 2. The summed E-state index contributed by atoms with van der Waals surface area (Å²) < 4.78 is 73.7. The Kier molecular flexibility index (Phi) is 8.56. The van der Waals surface area contributed by atoms with Crippen LogP contribution in [0.5, 0.6) is 0 Å². The molecule has 231 valence electrons. The summed E-state index contributed by atoms with van der Waals surface area (Å²) in [6, 6.07) is -0.876. The van der Waals surface area contributed by atoms with Crippen molar-refractivity contribution in [3.05, 3.63) is 29.3 Å². The average molecular weight is 681 g/mol. The third-order valence-corrected chi connectivity index (χ3v) is 9.86. The van der Waals surface area contributed by atoms with Crippen LogP contribution >= 0.6 is 19.0 Å². The van der Waals surface area contributed by atoms with E-state index in [4.69, 9.17) is 34.2 Å². The largest absolute Gasteiger partial charge is 0.386 e. The predicted molar refractivity (Wildman–Crippen MR) is 154 cm³/mol. The van der Waals surface area contributed by atoms with E-state index in [9.17, 15) is 17.8 Å². The van der Waals surface area contributed by atoms with Crippen LogP contribution < -0.4 is 21.7 Å². The van der Waals surface area contributed by atoms with E-state index in [1.807, 2.05) is 0 Å². The summed E-state index contributed by atoms with van der Waals surface area (Å²) in [5, 5.41) is 0. The molecule has 0 aromatic carbocycles. The van der Waals surface area contributed by atoms with Gasteiger partial charge in [-0.05, 0) is 0 Å². The molecular weight excluding hydrogens is 656 g/mol. The first-order valence-electron chi connectivity index (χ1n) is 12.7. The molecule has 3 aliphatic rings. The SMILES string of the molecule is Nc1nc2c(ncn2[C@@H]2O[C@@H]3COS(=O)(=O)N[C@H]4C[C@H](n5cnc6c(N)ncnc65)O[C@@H]4CO[P@@](=O)(S)O[C@@H]2C3)c(=O)[nH]1.[Na]. The molecular formula is C20H24N11NaO9PS2. The average Bonchev–Trinajstić information content (AvgIpc) is 3.71. The van der Waals surface area contributed by atoms with Gasteiger partial charge in [0.05, 0.1) is 38.0 Å². The van der Waals surface area contributed by atoms with E-state index in [0.717, 1.165) is 0 Å². The number of aromatic nitrogens is 8. The number of anilines is 2. The van der Waals surface area contributed by atoms with Gasteiger partial charge in [0.15, 0.2) is 28.9 Å². The molecule has 3 aliphatic heterocycles. The Bertz CT molecular complexity index is 1940. The molecule has 4 aromatic heterocycles. The fraction of sp³-hybridized carbons (Fsp3) is 0.500. The molecule has 0 unspecified atom stereocenters. The summed E-state index contributed by atoms with van der Waals surface area (Å²) in [7, 11) is -4.35. The first-order chi connectivity index (χ1) is 20.5. The molecule has 7 rings (SSSR count). The van der Waals surface area contributed by atoms with E-state index in [1.165, 1.54) is 23.5 Å². The Labute approximate surface area is 274 Å². The first-order valence-corrected chi connectivity index (χ1v) is 16.9. The molecule has 24 heteroatoms. The van der Waals surface area contributed by atoms with Crippen LogP contribution in [0.1, 0.15) is 25.3 Å². The molecule has 4 aromatic rings. The second-order valence-corrected chi connectivity index (χ2v) is 14.2. The maximum absolute atomic E-state index is 13.4. The van der Waals surface area contributed by atoms with E-state index in [2.05, 4.69) is 46.9 Å². The Morgan fingerprint density at radius 1 is 1.00 bits per heavy atom. The number of nitrogens with two attached hydrogens (primary N) is 2. The first kappa shape index (κ1) is 31.8. The number of hydrogen-bond acceptors (Lipinski definition) is 16. The normalized spacial score (nSPS) is 32.4. The molecule has 44 heavy (non-hydrogen) atoms. The van der Waals surface area contributed by atoms with Crippen molar-refractivity contribution in [3.8, 4) is 0 Å². The van der Waals surface area contributed by atoms with Crippen LogP contribution in [0.25, 0.3) is 22.3 Å². The number of imidazole rings is 2. The van der Waals surface area contributed by atoms with Gasteiger partial charge in [-0.3, -0.25) is 32.1 Å². The summed E-state index contributed by atoms with van der Waals surface area (Å²) in [6.07, 6.45) is -0.523. The number of aromatic amines is 1. The predicted octanol–water partition coefficient (Wildman–Crippen LogP) is -1.01. The quantitative estimate of drug-likeness (QED) is 0.0964. The molecule has 2 bridgehead atoms. The zero-order valence-electron chi connectivity index (χ0n) is 22.8. The topological polar surface area (TPSA) is 269 Å². The van der Waals surface area contributed by atoms with Gasteiger partial charge in [0.1, 0.15) is 30.3 Å². The molecule has 1 radical (unpaired) electrons. The molecule has 3 saturated heterocycles. The number of ether oxygens (including phenoxy) is 2. The van der Waals surface area contributed by atoms with Crippen molar-refractivity contribution in [3.63, 3.8) is 0 Å². The molecule has 7 atom stereocenters. The Hall–Kier alpha value is -2.21. The fourth-order valence-corrected chi connectivity index (χ4v) is 7.82. The van der Waals surface area contributed by atoms with Crippen molar-refractivity contribution < 1.29 is 35.7 Å². The summed E-state index contributed by atoms with van der Waals surface area (Å²) in [5.74, 6) is 0.000862. The number of nitrogen functional groups attached to an aromatic ring is 2. The number of rotatable bonds is 2. The van der Waals surface area contributed by atoms with E-state index in [1.54, 1.807) is 4.57 Å². The number of hydrogen-bond donors (Lipinski definition) is 5. The van der Waals surface area contributed by atoms with Gasteiger partial charge in [-0.15, -0.1) is 0 Å². The minimum atomic E-state index is -4.35. The third kappa shape index (κ3) is 6.01.